The van der Waals surface area contributed by atoms with E-state index in [9.17, 15) is 9.90 Å². The van der Waals surface area contributed by atoms with Gasteiger partial charge in [-0.3, -0.25) is 0 Å². The molecule has 0 radical (unpaired) electrons. The summed E-state index contributed by atoms with van der Waals surface area (Å²) in [4.78, 5) is 11.2. The molecule has 2 rings (SSSR count). The molecule has 98 valence electrons. The Morgan fingerprint density at radius 1 is 1.11 bits per heavy atom. The van der Waals surface area contributed by atoms with Crippen LogP contribution >= 0.6 is 0 Å². The fraction of sp³-hybridized carbons (Fsp3) is 0.188. The SMILES string of the molecule is CC(C)c1ccc(-c2cc(N)ccc2C(=O)O)cc1. The molecule has 0 unspecified atom stereocenters. The number of nitrogen functional groups attached to an aromatic ring is 1. The molecule has 0 saturated heterocycles. The van der Waals surface area contributed by atoms with E-state index in [2.05, 4.69) is 13.8 Å². The Bertz CT molecular complexity index is 601. The largest absolute Gasteiger partial charge is 0.478 e. The van der Waals surface area contributed by atoms with Crippen LogP contribution in [0.15, 0.2) is 42.5 Å². The zero-order chi connectivity index (χ0) is 14.0. The van der Waals surface area contributed by atoms with E-state index in [4.69, 9.17) is 5.73 Å². The summed E-state index contributed by atoms with van der Waals surface area (Å²) in [5, 5.41) is 9.22. The van der Waals surface area contributed by atoms with Crippen molar-refractivity contribution in [1.29, 1.82) is 0 Å². The minimum Gasteiger partial charge on any atom is -0.478 e. The quantitative estimate of drug-likeness (QED) is 0.821. The molecule has 0 atom stereocenters. The van der Waals surface area contributed by atoms with Gasteiger partial charge in [0.05, 0.1) is 5.56 Å². The first-order valence-corrected chi connectivity index (χ1v) is 6.22. The number of carbonyl (C=O) groups is 1. The van der Waals surface area contributed by atoms with Crippen LogP contribution in [0.2, 0.25) is 0 Å². The fourth-order valence-corrected chi connectivity index (χ4v) is 2.03. The zero-order valence-corrected chi connectivity index (χ0v) is 11.1. The number of anilines is 1. The minimum absolute atomic E-state index is 0.270. The summed E-state index contributed by atoms with van der Waals surface area (Å²) in [6.07, 6.45) is 0. The molecule has 19 heavy (non-hydrogen) atoms. The van der Waals surface area contributed by atoms with Gasteiger partial charge in [0, 0.05) is 5.69 Å². The van der Waals surface area contributed by atoms with Gasteiger partial charge in [-0.2, -0.15) is 0 Å². The molecule has 0 aromatic heterocycles. The van der Waals surface area contributed by atoms with Gasteiger partial charge < -0.3 is 10.8 Å². The Hall–Kier alpha value is -2.29. The first-order chi connectivity index (χ1) is 8.99. The summed E-state index contributed by atoms with van der Waals surface area (Å²) < 4.78 is 0. The van der Waals surface area contributed by atoms with E-state index >= 15 is 0 Å². The number of carboxylic acids is 1. The maximum absolute atomic E-state index is 11.2. The number of carboxylic acid groups (broad SMARTS) is 1. The number of rotatable bonds is 3. The van der Waals surface area contributed by atoms with Gasteiger partial charge in [-0.05, 0) is 40.8 Å². The van der Waals surface area contributed by atoms with Crippen molar-refractivity contribution in [1.82, 2.24) is 0 Å². The van der Waals surface area contributed by atoms with Crippen LogP contribution in [-0.4, -0.2) is 11.1 Å². The van der Waals surface area contributed by atoms with E-state index in [1.54, 1.807) is 18.2 Å². The lowest BCUT2D eigenvalue weighted by atomic mass is 9.95. The van der Waals surface area contributed by atoms with E-state index < -0.39 is 5.97 Å². The van der Waals surface area contributed by atoms with Crippen LogP contribution in [0.5, 0.6) is 0 Å². The molecule has 3 heteroatoms. The third-order valence-electron chi connectivity index (χ3n) is 3.16. The topological polar surface area (TPSA) is 63.3 Å². The predicted molar refractivity (Wildman–Crippen MR) is 77.3 cm³/mol. The van der Waals surface area contributed by atoms with Crippen molar-refractivity contribution < 1.29 is 9.90 Å². The first kappa shape index (κ1) is 13.1. The maximum Gasteiger partial charge on any atom is 0.336 e. The van der Waals surface area contributed by atoms with Crippen LogP contribution < -0.4 is 5.73 Å². The Kier molecular flexibility index (Phi) is 3.56. The molecular formula is C16H17NO2. The second-order valence-corrected chi connectivity index (χ2v) is 4.89. The molecule has 0 heterocycles. The lowest BCUT2D eigenvalue weighted by Gasteiger charge is -2.10. The zero-order valence-electron chi connectivity index (χ0n) is 11.1. The standard InChI is InChI=1S/C16H17NO2/c1-10(2)11-3-5-12(6-4-11)15-9-13(17)7-8-14(15)16(18)19/h3-10H,17H2,1-2H3,(H,18,19). The van der Waals surface area contributed by atoms with Gasteiger partial charge in [0.2, 0.25) is 0 Å². The molecule has 0 bridgehead atoms. The van der Waals surface area contributed by atoms with Crippen molar-refractivity contribution >= 4 is 11.7 Å². The second-order valence-electron chi connectivity index (χ2n) is 4.89. The third kappa shape index (κ3) is 2.76. The van der Waals surface area contributed by atoms with Gasteiger partial charge >= 0.3 is 5.97 Å². The maximum atomic E-state index is 11.2. The lowest BCUT2D eigenvalue weighted by Crippen LogP contribution is -2.00. The average Bonchev–Trinajstić information content (AvgIpc) is 2.38. The van der Waals surface area contributed by atoms with E-state index in [1.165, 1.54) is 5.56 Å². The summed E-state index contributed by atoms with van der Waals surface area (Å²) in [7, 11) is 0. The normalized spacial score (nSPS) is 10.7. The van der Waals surface area contributed by atoms with Gasteiger partial charge in [-0.25, -0.2) is 4.79 Å². The molecule has 0 aliphatic heterocycles. The van der Waals surface area contributed by atoms with Crippen molar-refractivity contribution in [3.8, 4) is 11.1 Å². The summed E-state index contributed by atoms with van der Waals surface area (Å²) in [6.45, 7) is 4.25. The third-order valence-corrected chi connectivity index (χ3v) is 3.16. The van der Waals surface area contributed by atoms with Gasteiger partial charge in [0.15, 0.2) is 0 Å². The van der Waals surface area contributed by atoms with Crippen LogP contribution in [0.3, 0.4) is 0 Å². The summed E-state index contributed by atoms with van der Waals surface area (Å²) >= 11 is 0. The number of nitrogens with two attached hydrogens (primary N) is 1. The highest BCUT2D eigenvalue weighted by Crippen LogP contribution is 2.27. The van der Waals surface area contributed by atoms with Crippen molar-refractivity contribution in [2.24, 2.45) is 0 Å². The molecule has 3 N–H and O–H groups in total. The average molecular weight is 255 g/mol. The minimum atomic E-state index is -0.942. The van der Waals surface area contributed by atoms with Crippen LogP contribution in [0.1, 0.15) is 35.7 Å². The molecule has 0 aliphatic rings. The fourth-order valence-electron chi connectivity index (χ4n) is 2.03. The van der Waals surface area contributed by atoms with E-state index in [0.717, 1.165) is 5.56 Å². The molecule has 0 fully saturated rings. The molecule has 0 saturated carbocycles. The van der Waals surface area contributed by atoms with Gasteiger partial charge in [-0.15, -0.1) is 0 Å². The van der Waals surface area contributed by atoms with E-state index in [-0.39, 0.29) is 5.56 Å². The summed E-state index contributed by atoms with van der Waals surface area (Å²) in [6, 6.07) is 12.8. The number of hydrogen-bond donors (Lipinski definition) is 2. The highest BCUT2D eigenvalue weighted by Gasteiger charge is 2.12. The molecule has 0 amide bonds. The van der Waals surface area contributed by atoms with Crippen LogP contribution in [-0.2, 0) is 0 Å². The predicted octanol–water partition coefficient (Wildman–Crippen LogP) is 3.76. The van der Waals surface area contributed by atoms with Crippen molar-refractivity contribution in [3.63, 3.8) is 0 Å². The Morgan fingerprint density at radius 3 is 2.26 bits per heavy atom. The molecule has 0 spiro atoms. The van der Waals surface area contributed by atoms with E-state index in [1.807, 2.05) is 24.3 Å². The van der Waals surface area contributed by atoms with Crippen molar-refractivity contribution in [2.45, 2.75) is 19.8 Å². The van der Waals surface area contributed by atoms with Crippen LogP contribution in [0, 0.1) is 0 Å². The molecule has 3 nitrogen and oxygen atoms in total. The van der Waals surface area contributed by atoms with Gasteiger partial charge in [-0.1, -0.05) is 38.1 Å². The number of benzene rings is 2. The van der Waals surface area contributed by atoms with Gasteiger partial charge in [0.1, 0.15) is 0 Å². The number of aromatic carboxylic acids is 1. The smallest absolute Gasteiger partial charge is 0.336 e. The van der Waals surface area contributed by atoms with Crippen molar-refractivity contribution in [2.75, 3.05) is 5.73 Å². The van der Waals surface area contributed by atoms with Gasteiger partial charge in [0.25, 0.3) is 0 Å². The Balaban J connectivity index is 2.51. The Labute approximate surface area is 112 Å². The van der Waals surface area contributed by atoms with Crippen LogP contribution in [0.4, 0.5) is 5.69 Å². The Morgan fingerprint density at radius 2 is 1.74 bits per heavy atom. The molecule has 0 aliphatic carbocycles. The molecular weight excluding hydrogens is 238 g/mol. The molecule has 2 aromatic rings. The lowest BCUT2D eigenvalue weighted by molar-refractivity contribution is 0.0698. The second kappa shape index (κ2) is 5.14. The highest BCUT2D eigenvalue weighted by molar-refractivity contribution is 5.96. The summed E-state index contributed by atoms with van der Waals surface area (Å²) in [5.74, 6) is -0.489. The molecule has 2 aromatic carbocycles. The first-order valence-electron chi connectivity index (χ1n) is 6.22. The van der Waals surface area contributed by atoms with E-state index in [0.29, 0.717) is 17.2 Å². The van der Waals surface area contributed by atoms with Crippen molar-refractivity contribution in [3.05, 3.63) is 53.6 Å². The van der Waals surface area contributed by atoms with Crippen LogP contribution in [0.25, 0.3) is 11.1 Å². The summed E-state index contributed by atoms with van der Waals surface area (Å²) in [5.41, 5.74) is 9.33. The highest BCUT2D eigenvalue weighted by atomic mass is 16.4. The number of hydrogen-bond acceptors (Lipinski definition) is 2. The monoisotopic (exact) mass is 255 g/mol.